The molecule has 1 heterocycles. The van der Waals surface area contributed by atoms with Crippen LogP contribution in [0.15, 0.2) is 28.5 Å². The van der Waals surface area contributed by atoms with Crippen molar-refractivity contribution in [2.45, 2.75) is 24.8 Å². The number of hydrogen-bond acceptors (Lipinski definition) is 5. The normalized spacial score (nSPS) is 13.3. The average Bonchev–Trinajstić information content (AvgIpc) is 2.74. The standard InChI is InChI=1S/C12H14ClN3O2S2/c1-7-6-19-12(15-7)8(2)16-20(17,18)11-4-3-9(14)5-10(11)13/h3-6,8,16H,14H2,1-2H3. The fourth-order valence-electron chi connectivity index (χ4n) is 1.65. The van der Waals surface area contributed by atoms with E-state index < -0.39 is 16.1 Å². The Balaban J connectivity index is 2.27. The smallest absolute Gasteiger partial charge is 0.242 e. The van der Waals surface area contributed by atoms with Crippen LogP contribution < -0.4 is 10.5 Å². The van der Waals surface area contributed by atoms with Gasteiger partial charge in [0.25, 0.3) is 0 Å². The molecule has 1 atom stereocenters. The maximum Gasteiger partial charge on any atom is 0.242 e. The third-order valence-corrected chi connectivity index (χ3v) is 5.75. The highest BCUT2D eigenvalue weighted by atomic mass is 35.5. The molecule has 0 spiro atoms. The Kier molecular flexibility index (Phi) is 4.33. The van der Waals surface area contributed by atoms with Crippen LogP contribution in [0.4, 0.5) is 5.69 Å². The average molecular weight is 332 g/mol. The minimum atomic E-state index is -3.72. The number of anilines is 1. The third kappa shape index (κ3) is 3.29. The van der Waals surface area contributed by atoms with Crippen molar-refractivity contribution in [2.24, 2.45) is 0 Å². The second kappa shape index (κ2) is 5.69. The summed E-state index contributed by atoms with van der Waals surface area (Å²) in [6.45, 7) is 3.60. The highest BCUT2D eigenvalue weighted by Crippen LogP contribution is 2.26. The van der Waals surface area contributed by atoms with Gasteiger partial charge >= 0.3 is 0 Å². The summed E-state index contributed by atoms with van der Waals surface area (Å²) in [6, 6.07) is 3.87. The van der Waals surface area contributed by atoms with Crippen LogP contribution in [-0.4, -0.2) is 13.4 Å². The summed E-state index contributed by atoms with van der Waals surface area (Å²) in [5.74, 6) is 0. The van der Waals surface area contributed by atoms with Crippen LogP contribution in [0.1, 0.15) is 23.7 Å². The van der Waals surface area contributed by atoms with E-state index in [-0.39, 0.29) is 9.92 Å². The molecule has 3 N–H and O–H groups in total. The van der Waals surface area contributed by atoms with Crippen LogP contribution in [0, 0.1) is 6.92 Å². The summed E-state index contributed by atoms with van der Waals surface area (Å²) in [6.07, 6.45) is 0. The zero-order valence-electron chi connectivity index (χ0n) is 10.9. The first-order valence-corrected chi connectivity index (χ1v) is 8.53. The summed E-state index contributed by atoms with van der Waals surface area (Å²) in [5.41, 5.74) is 6.83. The first kappa shape index (κ1) is 15.2. The third-order valence-electron chi connectivity index (χ3n) is 2.58. The zero-order chi connectivity index (χ0) is 14.9. The van der Waals surface area contributed by atoms with E-state index in [2.05, 4.69) is 9.71 Å². The Bertz CT molecular complexity index is 728. The van der Waals surface area contributed by atoms with E-state index in [1.54, 1.807) is 6.92 Å². The maximum atomic E-state index is 12.3. The molecular formula is C12H14ClN3O2S2. The van der Waals surface area contributed by atoms with Crippen molar-refractivity contribution in [2.75, 3.05) is 5.73 Å². The van der Waals surface area contributed by atoms with Gasteiger partial charge in [0.2, 0.25) is 10.0 Å². The number of aryl methyl sites for hydroxylation is 1. The Labute approximate surface area is 126 Å². The number of thiazole rings is 1. The van der Waals surface area contributed by atoms with E-state index in [0.717, 1.165) is 5.69 Å². The molecule has 2 aromatic rings. The number of sulfonamides is 1. The Morgan fingerprint density at radius 1 is 1.45 bits per heavy atom. The zero-order valence-corrected chi connectivity index (χ0v) is 13.3. The van der Waals surface area contributed by atoms with Gasteiger partial charge in [-0.15, -0.1) is 11.3 Å². The first-order valence-electron chi connectivity index (χ1n) is 5.79. The number of benzene rings is 1. The van der Waals surface area contributed by atoms with E-state index in [1.165, 1.54) is 29.5 Å². The first-order chi connectivity index (χ1) is 9.29. The molecule has 5 nitrogen and oxygen atoms in total. The monoisotopic (exact) mass is 331 g/mol. The van der Waals surface area contributed by atoms with Gasteiger partial charge < -0.3 is 5.73 Å². The maximum absolute atomic E-state index is 12.3. The van der Waals surface area contributed by atoms with Crippen LogP contribution >= 0.6 is 22.9 Å². The van der Waals surface area contributed by atoms with Gasteiger partial charge in [0.15, 0.2) is 0 Å². The number of aromatic nitrogens is 1. The molecule has 8 heteroatoms. The molecule has 0 amide bonds. The van der Waals surface area contributed by atoms with Crippen LogP contribution in [-0.2, 0) is 10.0 Å². The van der Waals surface area contributed by atoms with Gasteiger partial charge in [0.1, 0.15) is 9.90 Å². The second-order valence-electron chi connectivity index (χ2n) is 4.36. The minimum absolute atomic E-state index is 0.00787. The van der Waals surface area contributed by atoms with E-state index in [1.807, 2.05) is 12.3 Å². The molecule has 20 heavy (non-hydrogen) atoms. The van der Waals surface area contributed by atoms with Gasteiger partial charge in [0.05, 0.1) is 11.1 Å². The number of nitrogens with zero attached hydrogens (tertiary/aromatic N) is 1. The molecule has 2 rings (SSSR count). The predicted molar refractivity (Wildman–Crippen MR) is 81.5 cm³/mol. The van der Waals surface area contributed by atoms with Crippen molar-refractivity contribution >= 4 is 38.6 Å². The molecule has 1 aromatic carbocycles. The fourth-order valence-corrected chi connectivity index (χ4v) is 4.29. The van der Waals surface area contributed by atoms with Gasteiger partial charge in [0, 0.05) is 16.8 Å². The van der Waals surface area contributed by atoms with Crippen molar-refractivity contribution < 1.29 is 8.42 Å². The molecule has 0 aliphatic carbocycles. The van der Waals surface area contributed by atoms with Gasteiger partial charge in [-0.25, -0.2) is 18.1 Å². The van der Waals surface area contributed by atoms with E-state index in [0.29, 0.717) is 10.7 Å². The van der Waals surface area contributed by atoms with Crippen LogP contribution in [0.2, 0.25) is 5.02 Å². The number of nitrogens with two attached hydrogens (primary N) is 1. The van der Waals surface area contributed by atoms with Crippen LogP contribution in [0.3, 0.4) is 0 Å². The molecule has 0 saturated heterocycles. The van der Waals surface area contributed by atoms with Crippen molar-refractivity contribution in [3.63, 3.8) is 0 Å². The number of halogens is 1. The largest absolute Gasteiger partial charge is 0.399 e. The fraction of sp³-hybridized carbons (Fsp3) is 0.250. The Morgan fingerprint density at radius 3 is 2.70 bits per heavy atom. The quantitative estimate of drug-likeness (QED) is 0.843. The molecule has 0 fully saturated rings. The lowest BCUT2D eigenvalue weighted by molar-refractivity contribution is 0.566. The molecule has 0 aliphatic rings. The van der Waals surface area contributed by atoms with Gasteiger partial charge in [-0.1, -0.05) is 11.6 Å². The minimum Gasteiger partial charge on any atom is -0.399 e. The lowest BCUT2D eigenvalue weighted by Gasteiger charge is -2.13. The van der Waals surface area contributed by atoms with Crippen molar-refractivity contribution in [1.29, 1.82) is 0 Å². The lowest BCUT2D eigenvalue weighted by Crippen LogP contribution is -2.27. The molecule has 0 radical (unpaired) electrons. The number of nitrogen functional groups attached to an aromatic ring is 1. The van der Waals surface area contributed by atoms with E-state index in [9.17, 15) is 8.42 Å². The van der Waals surface area contributed by atoms with Crippen molar-refractivity contribution in [3.05, 3.63) is 39.3 Å². The summed E-state index contributed by atoms with van der Waals surface area (Å²) in [7, 11) is -3.72. The van der Waals surface area contributed by atoms with Gasteiger partial charge in [-0.05, 0) is 32.0 Å². The lowest BCUT2D eigenvalue weighted by atomic mass is 10.3. The summed E-state index contributed by atoms with van der Waals surface area (Å²) >= 11 is 7.34. The van der Waals surface area contributed by atoms with E-state index in [4.69, 9.17) is 17.3 Å². The SMILES string of the molecule is Cc1csc(C(C)NS(=O)(=O)c2ccc(N)cc2Cl)n1. The van der Waals surface area contributed by atoms with Gasteiger partial charge in [-0.2, -0.15) is 0 Å². The molecule has 0 aliphatic heterocycles. The summed E-state index contributed by atoms with van der Waals surface area (Å²) in [5, 5.41) is 2.67. The summed E-state index contributed by atoms with van der Waals surface area (Å²) in [4.78, 5) is 4.27. The predicted octanol–water partition coefficient (Wildman–Crippen LogP) is 2.73. The highest BCUT2D eigenvalue weighted by molar-refractivity contribution is 7.89. The van der Waals surface area contributed by atoms with Crippen molar-refractivity contribution in [3.8, 4) is 0 Å². The Hall–Kier alpha value is -1.15. The molecule has 1 aromatic heterocycles. The molecule has 1 unspecified atom stereocenters. The molecule has 0 bridgehead atoms. The van der Waals surface area contributed by atoms with Crippen LogP contribution in [0.25, 0.3) is 0 Å². The second-order valence-corrected chi connectivity index (χ2v) is 7.34. The number of rotatable bonds is 4. The van der Waals surface area contributed by atoms with Gasteiger partial charge in [-0.3, -0.25) is 0 Å². The Morgan fingerprint density at radius 2 is 2.15 bits per heavy atom. The van der Waals surface area contributed by atoms with Crippen LogP contribution in [0.5, 0.6) is 0 Å². The number of hydrogen-bond donors (Lipinski definition) is 2. The van der Waals surface area contributed by atoms with E-state index >= 15 is 0 Å². The molecular weight excluding hydrogens is 318 g/mol. The summed E-state index contributed by atoms with van der Waals surface area (Å²) < 4.78 is 27.1. The number of nitrogens with one attached hydrogen (secondary N) is 1. The molecule has 0 saturated carbocycles. The van der Waals surface area contributed by atoms with Crippen molar-refractivity contribution in [1.82, 2.24) is 9.71 Å². The topological polar surface area (TPSA) is 85.1 Å². The highest BCUT2D eigenvalue weighted by Gasteiger charge is 2.22. The molecule has 108 valence electrons.